The standard InChI is InChI=1S/C20H21Cl2N5O/c1-4-26-11-15(10-23-26)8-9-19(28)24-20-13(2)25-27(14(20)3)12-16-17(21)6-5-7-18(16)22/h5-11H,4,12H2,1-3H3,(H,24,28). The first kappa shape index (κ1) is 20.2. The molecule has 0 atom stereocenters. The third-order valence-electron chi connectivity index (χ3n) is 4.40. The van der Waals surface area contributed by atoms with Crippen LogP contribution < -0.4 is 5.32 Å². The van der Waals surface area contributed by atoms with E-state index in [1.165, 1.54) is 6.08 Å². The van der Waals surface area contributed by atoms with Crippen LogP contribution in [0.15, 0.2) is 36.7 Å². The number of rotatable bonds is 6. The fraction of sp³-hybridized carbons (Fsp3) is 0.250. The molecule has 1 aromatic carbocycles. The summed E-state index contributed by atoms with van der Waals surface area (Å²) in [6.07, 6.45) is 6.81. The van der Waals surface area contributed by atoms with Crippen molar-refractivity contribution in [2.75, 3.05) is 5.32 Å². The zero-order chi connectivity index (χ0) is 20.3. The highest BCUT2D eigenvalue weighted by Crippen LogP contribution is 2.27. The fourth-order valence-corrected chi connectivity index (χ4v) is 3.36. The summed E-state index contributed by atoms with van der Waals surface area (Å²) in [5, 5.41) is 12.8. The number of aryl methyl sites for hydroxylation is 2. The molecule has 0 radical (unpaired) electrons. The number of halogens is 2. The molecule has 0 saturated carbocycles. The number of carbonyl (C=O) groups is 1. The van der Waals surface area contributed by atoms with E-state index in [1.54, 1.807) is 39.8 Å². The molecule has 1 amide bonds. The van der Waals surface area contributed by atoms with E-state index >= 15 is 0 Å². The molecular formula is C20H21Cl2N5O. The van der Waals surface area contributed by atoms with Gasteiger partial charge in [0.05, 0.1) is 29.8 Å². The summed E-state index contributed by atoms with van der Waals surface area (Å²) in [7, 11) is 0. The van der Waals surface area contributed by atoms with Crippen LogP contribution >= 0.6 is 23.2 Å². The monoisotopic (exact) mass is 417 g/mol. The Labute approximate surface area is 173 Å². The minimum atomic E-state index is -0.231. The van der Waals surface area contributed by atoms with Gasteiger partial charge in [-0.1, -0.05) is 29.3 Å². The number of anilines is 1. The van der Waals surface area contributed by atoms with Gasteiger partial charge in [-0.3, -0.25) is 14.2 Å². The predicted octanol–water partition coefficient (Wildman–Crippen LogP) is 4.72. The molecule has 8 heteroatoms. The molecule has 0 aliphatic carbocycles. The van der Waals surface area contributed by atoms with E-state index in [1.807, 2.05) is 27.0 Å². The minimum Gasteiger partial charge on any atom is -0.319 e. The molecule has 0 aliphatic heterocycles. The van der Waals surface area contributed by atoms with Gasteiger partial charge in [-0.15, -0.1) is 0 Å². The number of hydrogen-bond donors (Lipinski definition) is 1. The van der Waals surface area contributed by atoms with Crippen LogP contribution in [0, 0.1) is 13.8 Å². The van der Waals surface area contributed by atoms with Crippen molar-refractivity contribution in [2.45, 2.75) is 33.9 Å². The van der Waals surface area contributed by atoms with Gasteiger partial charge in [-0.25, -0.2) is 0 Å². The van der Waals surface area contributed by atoms with Crippen LogP contribution in [0.5, 0.6) is 0 Å². The Kier molecular flexibility index (Phi) is 6.21. The lowest BCUT2D eigenvalue weighted by molar-refractivity contribution is -0.111. The summed E-state index contributed by atoms with van der Waals surface area (Å²) >= 11 is 12.5. The van der Waals surface area contributed by atoms with Crippen molar-refractivity contribution < 1.29 is 4.79 Å². The highest BCUT2D eigenvalue weighted by atomic mass is 35.5. The van der Waals surface area contributed by atoms with Crippen LogP contribution in [0.4, 0.5) is 5.69 Å². The van der Waals surface area contributed by atoms with Gasteiger partial charge in [0.2, 0.25) is 5.91 Å². The first-order valence-corrected chi connectivity index (χ1v) is 9.63. The Balaban J connectivity index is 1.75. The van der Waals surface area contributed by atoms with Crippen LogP contribution in [-0.4, -0.2) is 25.5 Å². The molecule has 0 saturated heterocycles. The van der Waals surface area contributed by atoms with Crippen molar-refractivity contribution >= 4 is 40.9 Å². The van der Waals surface area contributed by atoms with Gasteiger partial charge in [0.15, 0.2) is 0 Å². The van der Waals surface area contributed by atoms with E-state index < -0.39 is 0 Å². The van der Waals surface area contributed by atoms with Gasteiger partial charge in [-0.2, -0.15) is 10.2 Å². The third-order valence-corrected chi connectivity index (χ3v) is 5.11. The highest BCUT2D eigenvalue weighted by molar-refractivity contribution is 6.35. The smallest absolute Gasteiger partial charge is 0.248 e. The molecule has 0 fully saturated rings. The first-order chi connectivity index (χ1) is 13.4. The number of nitrogens with one attached hydrogen (secondary N) is 1. The second-order valence-corrected chi connectivity index (χ2v) is 7.17. The normalized spacial score (nSPS) is 11.3. The van der Waals surface area contributed by atoms with Crippen molar-refractivity contribution in [2.24, 2.45) is 0 Å². The van der Waals surface area contributed by atoms with Crippen LogP contribution in [0.3, 0.4) is 0 Å². The van der Waals surface area contributed by atoms with Gasteiger partial charge in [-0.05, 0) is 39.0 Å². The Morgan fingerprint density at radius 1 is 1.25 bits per heavy atom. The molecule has 0 aliphatic rings. The minimum absolute atomic E-state index is 0.231. The number of carbonyl (C=O) groups excluding carboxylic acids is 1. The molecule has 1 N–H and O–H groups in total. The van der Waals surface area contributed by atoms with Crippen molar-refractivity contribution in [3.05, 3.63) is 69.2 Å². The van der Waals surface area contributed by atoms with Gasteiger partial charge in [0, 0.05) is 40.0 Å². The van der Waals surface area contributed by atoms with Gasteiger partial charge < -0.3 is 5.32 Å². The van der Waals surface area contributed by atoms with Crippen molar-refractivity contribution in [3.63, 3.8) is 0 Å². The summed E-state index contributed by atoms with van der Waals surface area (Å²) in [6, 6.07) is 5.39. The van der Waals surface area contributed by atoms with E-state index in [4.69, 9.17) is 23.2 Å². The SMILES string of the molecule is CCn1cc(C=CC(=O)Nc2c(C)nn(Cc3c(Cl)cccc3Cl)c2C)cn1. The van der Waals surface area contributed by atoms with Crippen LogP contribution in [0.2, 0.25) is 10.0 Å². The molecule has 3 rings (SSSR count). The molecule has 28 heavy (non-hydrogen) atoms. The predicted molar refractivity (Wildman–Crippen MR) is 113 cm³/mol. The summed E-state index contributed by atoms with van der Waals surface area (Å²) in [5.41, 5.74) is 3.90. The quantitative estimate of drug-likeness (QED) is 0.589. The number of amides is 1. The Hall–Kier alpha value is -2.57. The van der Waals surface area contributed by atoms with E-state index in [0.29, 0.717) is 22.3 Å². The first-order valence-electron chi connectivity index (χ1n) is 8.87. The molecule has 2 heterocycles. The summed E-state index contributed by atoms with van der Waals surface area (Å²) in [5.74, 6) is -0.231. The number of benzene rings is 1. The number of nitrogens with zero attached hydrogens (tertiary/aromatic N) is 4. The van der Waals surface area contributed by atoms with Crippen molar-refractivity contribution in [1.29, 1.82) is 0 Å². The molecule has 0 spiro atoms. The van der Waals surface area contributed by atoms with Crippen molar-refractivity contribution in [3.8, 4) is 0 Å². The summed E-state index contributed by atoms with van der Waals surface area (Å²) < 4.78 is 3.59. The molecule has 3 aromatic rings. The topological polar surface area (TPSA) is 64.7 Å². The summed E-state index contributed by atoms with van der Waals surface area (Å²) in [6.45, 7) is 6.96. The van der Waals surface area contributed by atoms with Crippen LogP contribution in [-0.2, 0) is 17.9 Å². The Bertz CT molecular complexity index is 1020. The maximum Gasteiger partial charge on any atom is 0.248 e. The highest BCUT2D eigenvalue weighted by Gasteiger charge is 2.15. The summed E-state index contributed by atoms with van der Waals surface area (Å²) in [4.78, 5) is 12.3. The van der Waals surface area contributed by atoms with Crippen molar-refractivity contribution in [1.82, 2.24) is 19.6 Å². The zero-order valence-electron chi connectivity index (χ0n) is 15.9. The maximum atomic E-state index is 12.3. The maximum absolute atomic E-state index is 12.3. The lowest BCUT2D eigenvalue weighted by Crippen LogP contribution is -2.10. The zero-order valence-corrected chi connectivity index (χ0v) is 17.4. The second kappa shape index (κ2) is 8.63. The largest absolute Gasteiger partial charge is 0.319 e. The van der Waals surface area contributed by atoms with Crippen LogP contribution in [0.1, 0.15) is 29.4 Å². The number of hydrogen-bond acceptors (Lipinski definition) is 3. The van der Waals surface area contributed by atoms with Gasteiger partial charge in [0.1, 0.15) is 0 Å². The molecule has 0 bridgehead atoms. The average Bonchev–Trinajstić information content (AvgIpc) is 3.23. The molecule has 2 aromatic heterocycles. The lowest BCUT2D eigenvalue weighted by Gasteiger charge is -2.09. The number of aromatic nitrogens is 4. The molecular weight excluding hydrogens is 397 g/mol. The van der Waals surface area contributed by atoms with E-state index in [9.17, 15) is 4.79 Å². The van der Waals surface area contributed by atoms with E-state index in [0.717, 1.165) is 29.1 Å². The molecule has 0 unspecified atom stereocenters. The fourth-order valence-electron chi connectivity index (χ4n) is 2.84. The van der Waals surface area contributed by atoms with Gasteiger partial charge in [0.25, 0.3) is 0 Å². The van der Waals surface area contributed by atoms with E-state index in [2.05, 4.69) is 15.5 Å². The van der Waals surface area contributed by atoms with E-state index in [-0.39, 0.29) is 5.91 Å². The molecule has 6 nitrogen and oxygen atoms in total. The third kappa shape index (κ3) is 4.46. The van der Waals surface area contributed by atoms with Gasteiger partial charge >= 0.3 is 0 Å². The lowest BCUT2D eigenvalue weighted by atomic mass is 10.2. The Morgan fingerprint density at radius 2 is 1.96 bits per heavy atom. The second-order valence-electron chi connectivity index (χ2n) is 6.36. The molecule has 146 valence electrons. The Morgan fingerprint density at radius 3 is 2.61 bits per heavy atom. The average molecular weight is 418 g/mol. The van der Waals surface area contributed by atoms with Crippen LogP contribution in [0.25, 0.3) is 6.08 Å².